The second-order valence-corrected chi connectivity index (χ2v) is 2.89. The minimum absolute atomic E-state index is 0.566. The van der Waals surface area contributed by atoms with Gasteiger partial charge in [-0.2, -0.15) is 0 Å². The zero-order valence-electron chi connectivity index (χ0n) is 7.89. The molecular weight excluding hydrogens is 134 g/mol. The van der Waals surface area contributed by atoms with Crippen molar-refractivity contribution in [2.45, 2.75) is 27.7 Å². The molecule has 0 bridgehead atoms. The molecule has 0 N–H and O–H groups in total. The second kappa shape index (κ2) is 4.89. The summed E-state index contributed by atoms with van der Waals surface area (Å²) in [6, 6.07) is 0. The van der Waals surface area contributed by atoms with Crippen molar-refractivity contribution in [2.75, 3.05) is 0 Å². The van der Waals surface area contributed by atoms with Crippen molar-refractivity contribution in [2.24, 2.45) is 10.9 Å². The third-order valence-corrected chi connectivity index (χ3v) is 1.62. The lowest BCUT2D eigenvalue weighted by molar-refractivity contribution is 0.787. The molecule has 0 radical (unpaired) electrons. The number of nitrogens with zero attached hydrogens (tertiary/aromatic N) is 1. The van der Waals surface area contributed by atoms with E-state index < -0.39 is 0 Å². The molecule has 0 amide bonds. The molecule has 62 valence electrons. The molecule has 0 atom stereocenters. The van der Waals surface area contributed by atoms with Crippen molar-refractivity contribution >= 4 is 6.72 Å². The Hall–Kier alpha value is -0.850. The Bertz CT molecular complexity index is 185. The molecule has 0 heterocycles. The van der Waals surface area contributed by atoms with Crippen LogP contribution in [-0.4, -0.2) is 6.72 Å². The van der Waals surface area contributed by atoms with Crippen LogP contribution >= 0.6 is 0 Å². The molecule has 0 unspecified atom stereocenters. The molecule has 0 rings (SSSR count). The zero-order valence-corrected chi connectivity index (χ0v) is 7.89. The van der Waals surface area contributed by atoms with Gasteiger partial charge < -0.3 is 0 Å². The number of hydrogen-bond donors (Lipinski definition) is 0. The molecule has 0 aliphatic rings. The maximum absolute atomic E-state index is 3.83. The molecule has 0 fully saturated rings. The van der Waals surface area contributed by atoms with Gasteiger partial charge in [-0.15, -0.1) is 0 Å². The Kier molecular flexibility index (Phi) is 4.51. The van der Waals surface area contributed by atoms with Crippen LogP contribution in [0, 0.1) is 5.92 Å². The highest BCUT2D eigenvalue weighted by Crippen LogP contribution is 2.12. The molecule has 0 aromatic carbocycles. The normalized spacial score (nSPS) is 13.9. The van der Waals surface area contributed by atoms with Crippen LogP contribution in [0.2, 0.25) is 0 Å². The maximum atomic E-state index is 3.83. The summed E-state index contributed by atoms with van der Waals surface area (Å²) in [7, 11) is 0. The lowest BCUT2D eigenvalue weighted by atomic mass is 10.0. The van der Waals surface area contributed by atoms with Crippen LogP contribution in [-0.2, 0) is 0 Å². The molecule has 0 aromatic rings. The van der Waals surface area contributed by atoms with E-state index in [1.54, 1.807) is 0 Å². The minimum atomic E-state index is 0.566. The molecule has 0 saturated heterocycles. The third-order valence-electron chi connectivity index (χ3n) is 1.62. The highest BCUT2D eigenvalue weighted by atomic mass is 14.7. The fourth-order valence-electron chi connectivity index (χ4n) is 0.870. The van der Waals surface area contributed by atoms with Gasteiger partial charge in [0.25, 0.3) is 0 Å². The first-order chi connectivity index (χ1) is 5.11. The molecule has 1 heteroatoms. The van der Waals surface area contributed by atoms with Crippen LogP contribution in [0.5, 0.6) is 0 Å². The zero-order chi connectivity index (χ0) is 8.85. The van der Waals surface area contributed by atoms with E-state index in [-0.39, 0.29) is 0 Å². The third kappa shape index (κ3) is 3.76. The van der Waals surface area contributed by atoms with Gasteiger partial charge in [0.15, 0.2) is 0 Å². The van der Waals surface area contributed by atoms with Crippen molar-refractivity contribution in [3.63, 3.8) is 0 Å². The standard InChI is InChI=1S/C10H17N/c1-6-10(8(2)3)7-9(4)11-5/h6-8H,5H2,1-4H3/b9-7-,10-6+. The molecular formula is C10H17N. The monoisotopic (exact) mass is 151 g/mol. The summed E-state index contributed by atoms with van der Waals surface area (Å²) in [6.45, 7) is 11.8. The number of allylic oxidation sites excluding steroid dienone is 4. The summed E-state index contributed by atoms with van der Waals surface area (Å²) in [5.41, 5.74) is 2.29. The van der Waals surface area contributed by atoms with Gasteiger partial charge in [0.1, 0.15) is 0 Å². The summed E-state index contributed by atoms with van der Waals surface area (Å²) >= 11 is 0. The Morgan fingerprint density at radius 3 is 2.27 bits per heavy atom. The first-order valence-electron chi connectivity index (χ1n) is 3.93. The summed E-state index contributed by atoms with van der Waals surface area (Å²) in [5.74, 6) is 0.566. The minimum Gasteiger partial charge on any atom is -0.269 e. The van der Waals surface area contributed by atoms with Gasteiger partial charge in [0, 0.05) is 5.70 Å². The average Bonchev–Trinajstić information content (AvgIpc) is 1.99. The maximum Gasteiger partial charge on any atom is 0.0368 e. The summed E-state index contributed by atoms with van der Waals surface area (Å²) < 4.78 is 0. The van der Waals surface area contributed by atoms with Crippen LogP contribution < -0.4 is 0 Å². The van der Waals surface area contributed by atoms with E-state index in [1.165, 1.54) is 5.57 Å². The summed E-state index contributed by atoms with van der Waals surface area (Å²) in [6.07, 6.45) is 4.18. The molecule has 0 aliphatic heterocycles. The van der Waals surface area contributed by atoms with E-state index in [2.05, 4.69) is 37.7 Å². The Balaban J connectivity index is 4.44. The molecule has 0 aliphatic carbocycles. The number of hydrogen-bond acceptors (Lipinski definition) is 1. The highest BCUT2D eigenvalue weighted by Gasteiger charge is 1.97. The van der Waals surface area contributed by atoms with Crippen molar-refractivity contribution in [3.8, 4) is 0 Å². The smallest absolute Gasteiger partial charge is 0.0368 e. The predicted octanol–water partition coefficient (Wildman–Crippen LogP) is 3.19. The lowest BCUT2D eigenvalue weighted by Crippen LogP contribution is -1.90. The average molecular weight is 151 g/mol. The highest BCUT2D eigenvalue weighted by molar-refractivity contribution is 5.32. The fourth-order valence-corrected chi connectivity index (χ4v) is 0.870. The molecule has 11 heavy (non-hydrogen) atoms. The first kappa shape index (κ1) is 10.2. The van der Waals surface area contributed by atoms with Gasteiger partial charge in [-0.3, -0.25) is 4.99 Å². The Morgan fingerprint density at radius 2 is 2.00 bits per heavy atom. The van der Waals surface area contributed by atoms with Crippen LogP contribution in [0.1, 0.15) is 27.7 Å². The topological polar surface area (TPSA) is 12.4 Å². The van der Waals surface area contributed by atoms with E-state index >= 15 is 0 Å². The van der Waals surface area contributed by atoms with Crippen LogP contribution in [0.15, 0.2) is 28.4 Å². The summed E-state index contributed by atoms with van der Waals surface area (Å²) in [5, 5.41) is 0. The van der Waals surface area contributed by atoms with E-state index in [0.717, 1.165) is 5.70 Å². The lowest BCUT2D eigenvalue weighted by Gasteiger charge is -2.05. The van der Waals surface area contributed by atoms with Crippen molar-refractivity contribution in [3.05, 3.63) is 23.4 Å². The van der Waals surface area contributed by atoms with Gasteiger partial charge >= 0.3 is 0 Å². The SMILES string of the molecule is C=N/C(C)=C\C(=C/C)C(C)C. The number of rotatable bonds is 3. The first-order valence-corrected chi connectivity index (χ1v) is 3.93. The quantitative estimate of drug-likeness (QED) is 0.434. The van der Waals surface area contributed by atoms with Gasteiger partial charge in [-0.1, -0.05) is 19.9 Å². The van der Waals surface area contributed by atoms with E-state index in [1.807, 2.05) is 13.8 Å². The van der Waals surface area contributed by atoms with Gasteiger partial charge in [0.2, 0.25) is 0 Å². The van der Waals surface area contributed by atoms with Crippen LogP contribution in [0.4, 0.5) is 0 Å². The van der Waals surface area contributed by atoms with Gasteiger partial charge in [0.05, 0.1) is 0 Å². The Labute approximate surface area is 69.5 Å². The van der Waals surface area contributed by atoms with Crippen molar-refractivity contribution < 1.29 is 0 Å². The molecule has 1 nitrogen and oxygen atoms in total. The van der Waals surface area contributed by atoms with Gasteiger partial charge in [-0.05, 0) is 38.1 Å². The van der Waals surface area contributed by atoms with Crippen molar-refractivity contribution in [1.29, 1.82) is 0 Å². The van der Waals surface area contributed by atoms with E-state index in [4.69, 9.17) is 0 Å². The molecule has 0 saturated carbocycles. The van der Waals surface area contributed by atoms with Crippen molar-refractivity contribution in [1.82, 2.24) is 0 Å². The van der Waals surface area contributed by atoms with Crippen LogP contribution in [0.25, 0.3) is 0 Å². The van der Waals surface area contributed by atoms with Crippen LogP contribution in [0.3, 0.4) is 0 Å². The number of aliphatic imine (C=N–C) groups is 1. The summed E-state index contributed by atoms with van der Waals surface area (Å²) in [4.78, 5) is 3.83. The largest absolute Gasteiger partial charge is 0.269 e. The van der Waals surface area contributed by atoms with E-state index in [9.17, 15) is 0 Å². The fraction of sp³-hybridized carbons (Fsp3) is 0.500. The second-order valence-electron chi connectivity index (χ2n) is 2.89. The Morgan fingerprint density at radius 1 is 1.45 bits per heavy atom. The molecule has 0 spiro atoms. The van der Waals surface area contributed by atoms with E-state index in [0.29, 0.717) is 5.92 Å². The predicted molar refractivity (Wildman–Crippen MR) is 51.9 cm³/mol. The van der Waals surface area contributed by atoms with Gasteiger partial charge in [-0.25, -0.2) is 0 Å². The molecule has 0 aromatic heterocycles.